The maximum absolute atomic E-state index is 13.6. The molecule has 4 rings (SSSR count). The van der Waals surface area contributed by atoms with Gasteiger partial charge in [-0.25, -0.2) is 0 Å². The Hall–Kier alpha value is -3.28. The third-order valence-corrected chi connectivity index (χ3v) is 6.51. The van der Waals surface area contributed by atoms with Crippen molar-refractivity contribution in [1.82, 2.24) is 0 Å². The lowest BCUT2D eigenvalue weighted by Gasteiger charge is -2.43. The average molecular weight is 450 g/mol. The molecule has 0 spiro atoms. The zero-order valence-corrected chi connectivity index (χ0v) is 20.2. The van der Waals surface area contributed by atoms with Crippen molar-refractivity contribution in [1.29, 1.82) is 0 Å². The minimum atomic E-state index is -0.410. The Morgan fingerprint density at radius 2 is 1.58 bits per heavy atom. The van der Waals surface area contributed by atoms with Crippen molar-refractivity contribution in [3.63, 3.8) is 0 Å². The highest BCUT2D eigenvalue weighted by atomic mass is 16.5. The van der Waals surface area contributed by atoms with E-state index in [2.05, 4.69) is 13.8 Å². The summed E-state index contributed by atoms with van der Waals surface area (Å²) in [6, 6.07) is 11.4. The molecular weight excluding hydrogens is 418 g/mol. The molecule has 6 heteroatoms. The van der Waals surface area contributed by atoms with Crippen LogP contribution in [0.3, 0.4) is 0 Å². The van der Waals surface area contributed by atoms with Gasteiger partial charge in [0.2, 0.25) is 5.91 Å². The molecule has 0 bridgehead atoms. The van der Waals surface area contributed by atoms with Gasteiger partial charge in [0.15, 0.2) is 17.3 Å². The number of nitrogens with zero attached hydrogens (tertiary/aromatic N) is 1. The maximum atomic E-state index is 13.6. The maximum Gasteiger partial charge on any atom is 0.232 e. The van der Waals surface area contributed by atoms with Crippen molar-refractivity contribution in [2.75, 3.05) is 26.2 Å². The van der Waals surface area contributed by atoms with Crippen LogP contribution in [-0.2, 0) is 9.59 Å². The first-order chi connectivity index (χ1) is 15.7. The normalized spacial score (nSPS) is 19.9. The predicted molar refractivity (Wildman–Crippen MR) is 127 cm³/mol. The molecule has 174 valence electrons. The molecule has 0 N–H and O–H groups in total. The number of ether oxygens (including phenoxy) is 3. The lowest BCUT2D eigenvalue weighted by Crippen LogP contribution is -2.43. The van der Waals surface area contributed by atoms with Crippen LogP contribution >= 0.6 is 0 Å². The van der Waals surface area contributed by atoms with Crippen LogP contribution < -0.4 is 19.1 Å². The van der Waals surface area contributed by atoms with Gasteiger partial charge < -0.3 is 14.2 Å². The number of rotatable bonds is 5. The van der Waals surface area contributed by atoms with E-state index >= 15 is 0 Å². The van der Waals surface area contributed by atoms with Gasteiger partial charge in [0, 0.05) is 47.3 Å². The highest BCUT2D eigenvalue weighted by Crippen LogP contribution is 2.51. The Morgan fingerprint density at radius 3 is 2.21 bits per heavy atom. The van der Waals surface area contributed by atoms with Gasteiger partial charge >= 0.3 is 0 Å². The monoisotopic (exact) mass is 449 g/mol. The number of ketones is 1. The molecule has 6 nitrogen and oxygen atoms in total. The summed E-state index contributed by atoms with van der Waals surface area (Å²) in [5.41, 5.74) is 3.87. The average Bonchev–Trinajstić information content (AvgIpc) is 2.76. The van der Waals surface area contributed by atoms with Gasteiger partial charge in [0.05, 0.1) is 21.3 Å². The van der Waals surface area contributed by atoms with Crippen LogP contribution in [0, 0.1) is 12.3 Å². The topological polar surface area (TPSA) is 65.1 Å². The van der Waals surface area contributed by atoms with Crippen molar-refractivity contribution >= 4 is 17.4 Å². The molecule has 1 aliphatic carbocycles. The molecule has 33 heavy (non-hydrogen) atoms. The minimum Gasteiger partial charge on any atom is -0.496 e. The summed E-state index contributed by atoms with van der Waals surface area (Å²) >= 11 is 0. The Labute approximate surface area is 195 Å². The van der Waals surface area contributed by atoms with Crippen LogP contribution in [0.5, 0.6) is 17.2 Å². The summed E-state index contributed by atoms with van der Waals surface area (Å²) in [7, 11) is 4.71. The van der Waals surface area contributed by atoms with E-state index < -0.39 is 5.92 Å². The van der Waals surface area contributed by atoms with Crippen LogP contribution in [0.1, 0.15) is 50.2 Å². The van der Waals surface area contributed by atoms with E-state index in [9.17, 15) is 9.59 Å². The summed E-state index contributed by atoms with van der Waals surface area (Å²) in [6.45, 7) is 6.16. The molecule has 1 unspecified atom stereocenters. The first-order valence-electron chi connectivity index (χ1n) is 11.1. The Balaban J connectivity index is 1.94. The van der Waals surface area contributed by atoms with Crippen LogP contribution in [0.15, 0.2) is 47.7 Å². The van der Waals surface area contributed by atoms with Gasteiger partial charge in [-0.05, 0) is 42.5 Å². The van der Waals surface area contributed by atoms with Crippen molar-refractivity contribution in [3.8, 4) is 17.2 Å². The summed E-state index contributed by atoms with van der Waals surface area (Å²) in [5.74, 6) is 1.27. The molecule has 2 aliphatic rings. The van der Waals surface area contributed by atoms with Gasteiger partial charge in [-0.2, -0.15) is 0 Å². The predicted octanol–water partition coefficient (Wildman–Crippen LogP) is 5.18. The van der Waals surface area contributed by atoms with Gasteiger partial charge in [-0.1, -0.05) is 26.0 Å². The second-order valence-corrected chi connectivity index (χ2v) is 9.58. The van der Waals surface area contributed by atoms with E-state index in [0.717, 1.165) is 22.5 Å². The Kier molecular flexibility index (Phi) is 5.95. The van der Waals surface area contributed by atoms with Gasteiger partial charge in [0.1, 0.15) is 5.75 Å². The number of benzene rings is 2. The van der Waals surface area contributed by atoms with Crippen molar-refractivity contribution in [2.45, 2.75) is 46.0 Å². The molecule has 0 aromatic heterocycles. The van der Waals surface area contributed by atoms with Crippen LogP contribution in [0.25, 0.3) is 0 Å². The zero-order chi connectivity index (χ0) is 23.9. The summed E-state index contributed by atoms with van der Waals surface area (Å²) in [5, 5.41) is 0. The van der Waals surface area contributed by atoms with E-state index in [1.54, 1.807) is 32.3 Å². The fraction of sp³-hybridized carbons (Fsp3) is 0.407. The minimum absolute atomic E-state index is 0.0355. The quantitative estimate of drug-likeness (QED) is 0.629. The molecule has 2 aromatic carbocycles. The molecular formula is C27H31NO5. The van der Waals surface area contributed by atoms with E-state index in [1.165, 1.54) is 0 Å². The summed E-state index contributed by atoms with van der Waals surface area (Å²) in [6.07, 6.45) is 1.25. The highest BCUT2D eigenvalue weighted by Gasteiger charge is 2.45. The van der Waals surface area contributed by atoms with E-state index in [-0.39, 0.29) is 23.5 Å². The third kappa shape index (κ3) is 4.10. The lowest BCUT2D eigenvalue weighted by molar-refractivity contribution is -0.121. The van der Waals surface area contributed by atoms with Crippen molar-refractivity contribution in [3.05, 3.63) is 58.8 Å². The number of carbonyl (C=O) groups is 2. The molecule has 0 saturated carbocycles. The van der Waals surface area contributed by atoms with Gasteiger partial charge in [0.25, 0.3) is 0 Å². The Morgan fingerprint density at radius 1 is 0.909 bits per heavy atom. The van der Waals surface area contributed by atoms with Crippen molar-refractivity contribution in [2.24, 2.45) is 5.41 Å². The number of hydrogen-bond acceptors (Lipinski definition) is 5. The molecule has 0 fully saturated rings. The Bertz CT molecular complexity index is 1150. The fourth-order valence-corrected chi connectivity index (χ4v) is 5.07. The molecule has 0 saturated heterocycles. The number of carbonyl (C=O) groups excluding carboxylic acids is 2. The van der Waals surface area contributed by atoms with E-state index in [4.69, 9.17) is 14.2 Å². The summed E-state index contributed by atoms with van der Waals surface area (Å²) < 4.78 is 16.6. The van der Waals surface area contributed by atoms with Gasteiger partial charge in [-0.3, -0.25) is 14.5 Å². The van der Waals surface area contributed by atoms with Crippen molar-refractivity contribution < 1.29 is 23.8 Å². The number of methoxy groups -OCH3 is 3. The number of allylic oxidation sites excluding steroid dienone is 2. The molecule has 1 aliphatic heterocycles. The standard InChI is InChI=1S/C27H31NO5/c1-16-8-7-9-17(10-16)28-20-14-27(2,3)15-21(29)26(20)19(12-25(28)30)18-11-23(32-5)24(33-6)13-22(18)31-4/h7-11,13,19H,12,14-15H2,1-6H3. The van der Waals surface area contributed by atoms with Crippen LogP contribution in [0.2, 0.25) is 0 Å². The van der Waals surface area contributed by atoms with E-state index in [1.807, 2.05) is 37.3 Å². The zero-order valence-electron chi connectivity index (χ0n) is 20.2. The van der Waals surface area contributed by atoms with Crippen LogP contribution in [0.4, 0.5) is 5.69 Å². The highest BCUT2D eigenvalue weighted by molar-refractivity contribution is 6.08. The second kappa shape index (κ2) is 8.58. The summed E-state index contributed by atoms with van der Waals surface area (Å²) in [4.78, 5) is 28.9. The van der Waals surface area contributed by atoms with Crippen LogP contribution in [-0.4, -0.2) is 33.0 Å². The second-order valence-electron chi connectivity index (χ2n) is 9.58. The third-order valence-electron chi connectivity index (χ3n) is 6.51. The number of amides is 1. The van der Waals surface area contributed by atoms with Gasteiger partial charge in [-0.15, -0.1) is 0 Å². The smallest absolute Gasteiger partial charge is 0.232 e. The largest absolute Gasteiger partial charge is 0.496 e. The van der Waals surface area contributed by atoms with E-state index in [0.29, 0.717) is 35.7 Å². The molecule has 2 aromatic rings. The SMILES string of the molecule is COc1cc(OC)c(C2CC(=O)N(c3cccc(C)c3)C3=C2C(=O)CC(C)(C)C3)cc1OC. The number of aryl methyl sites for hydroxylation is 1. The first-order valence-corrected chi connectivity index (χ1v) is 11.1. The number of hydrogen-bond donors (Lipinski definition) is 0. The number of Topliss-reactive ketones (excluding diaryl/α,β-unsaturated/α-hetero) is 1. The molecule has 0 radical (unpaired) electrons. The fourth-order valence-electron chi connectivity index (χ4n) is 5.07. The first kappa shape index (κ1) is 22.9. The number of anilines is 1. The lowest BCUT2D eigenvalue weighted by atomic mass is 9.69. The molecule has 1 amide bonds. The molecule has 1 heterocycles. The molecule has 1 atom stereocenters.